The molecule has 10 heteroatoms. The van der Waals surface area contributed by atoms with Crippen LogP contribution in [0.1, 0.15) is 43.4 Å². The van der Waals surface area contributed by atoms with E-state index in [4.69, 9.17) is 37.4 Å². The molecule has 1 aliphatic rings. The standard InChI is InChI=1S/C25H28Cl2N2O6/c1-3-34-25(32)14-20(18-6-5-17(26)13-19(18)27)28-15-16-4-7-21(22(12-16)33-2)35-11-10-29-23(30)8-9-24(29)31/h4-7,12-13,20,28H,3,8-11,14-15H2,1-2H3. The van der Waals surface area contributed by atoms with Gasteiger partial charge < -0.3 is 19.5 Å². The summed E-state index contributed by atoms with van der Waals surface area (Å²) in [4.78, 5) is 36.9. The number of imide groups is 1. The van der Waals surface area contributed by atoms with Crippen LogP contribution in [0.25, 0.3) is 0 Å². The zero-order valence-electron chi connectivity index (χ0n) is 19.6. The second-order valence-electron chi connectivity index (χ2n) is 7.88. The fourth-order valence-corrected chi connectivity index (χ4v) is 4.30. The molecule has 0 bridgehead atoms. The highest BCUT2D eigenvalue weighted by Crippen LogP contribution is 2.31. The summed E-state index contributed by atoms with van der Waals surface area (Å²) < 4.78 is 16.3. The highest BCUT2D eigenvalue weighted by molar-refractivity contribution is 6.35. The first kappa shape index (κ1) is 26.8. The Kier molecular flexibility index (Phi) is 9.77. The Hall–Kier alpha value is -2.81. The van der Waals surface area contributed by atoms with Gasteiger partial charge in [0.25, 0.3) is 0 Å². The Labute approximate surface area is 214 Å². The van der Waals surface area contributed by atoms with Crippen LogP contribution in [-0.2, 0) is 25.7 Å². The maximum atomic E-state index is 12.2. The first-order valence-corrected chi connectivity index (χ1v) is 12.0. The van der Waals surface area contributed by atoms with E-state index in [1.807, 2.05) is 12.1 Å². The zero-order chi connectivity index (χ0) is 25.4. The number of hydrogen-bond acceptors (Lipinski definition) is 7. The van der Waals surface area contributed by atoms with Crippen molar-refractivity contribution < 1.29 is 28.6 Å². The molecule has 1 atom stereocenters. The number of rotatable bonds is 12. The van der Waals surface area contributed by atoms with Gasteiger partial charge in [0.1, 0.15) is 6.61 Å². The molecule has 188 valence electrons. The number of likely N-dealkylation sites (tertiary alicyclic amines) is 1. The molecule has 8 nitrogen and oxygen atoms in total. The van der Waals surface area contributed by atoms with Crippen molar-refractivity contribution in [2.24, 2.45) is 0 Å². The molecule has 2 aromatic carbocycles. The molecule has 1 saturated heterocycles. The third-order valence-corrected chi connectivity index (χ3v) is 6.08. The summed E-state index contributed by atoms with van der Waals surface area (Å²) in [6.45, 7) is 2.82. The number of methoxy groups -OCH3 is 1. The minimum absolute atomic E-state index is 0.0987. The van der Waals surface area contributed by atoms with Gasteiger partial charge in [-0.15, -0.1) is 0 Å². The summed E-state index contributed by atoms with van der Waals surface area (Å²) >= 11 is 12.4. The van der Waals surface area contributed by atoms with E-state index >= 15 is 0 Å². The van der Waals surface area contributed by atoms with Gasteiger partial charge in [0.2, 0.25) is 11.8 Å². The van der Waals surface area contributed by atoms with E-state index < -0.39 is 6.04 Å². The third kappa shape index (κ3) is 7.34. The number of nitrogens with zero attached hydrogens (tertiary/aromatic N) is 1. The lowest BCUT2D eigenvalue weighted by Crippen LogP contribution is -2.33. The normalized spacial score (nSPS) is 14.2. The number of benzene rings is 2. The van der Waals surface area contributed by atoms with Crippen molar-refractivity contribution in [3.63, 3.8) is 0 Å². The Morgan fingerprint density at radius 1 is 1.09 bits per heavy atom. The SMILES string of the molecule is CCOC(=O)CC(NCc1ccc(OCCN2C(=O)CCC2=O)c(OC)c1)c1ccc(Cl)cc1Cl. The highest BCUT2D eigenvalue weighted by Gasteiger charge is 2.28. The van der Waals surface area contributed by atoms with Crippen molar-refractivity contribution in [1.29, 1.82) is 0 Å². The van der Waals surface area contributed by atoms with Crippen LogP contribution < -0.4 is 14.8 Å². The van der Waals surface area contributed by atoms with E-state index in [1.54, 1.807) is 31.2 Å². The molecule has 1 aliphatic heterocycles. The lowest BCUT2D eigenvalue weighted by Gasteiger charge is -2.20. The molecule has 35 heavy (non-hydrogen) atoms. The highest BCUT2D eigenvalue weighted by atomic mass is 35.5. The first-order chi connectivity index (χ1) is 16.8. The van der Waals surface area contributed by atoms with Gasteiger partial charge in [-0.3, -0.25) is 19.3 Å². The van der Waals surface area contributed by atoms with E-state index in [9.17, 15) is 14.4 Å². The van der Waals surface area contributed by atoms with Crippen LogP contribution in [0.2, 0.25) is 10.0 Å². The average Bonchev–Trinajstić information content (AvgIpc) is 3.14. The molecule has 1 heterocycles. The Bertz CT molecular complexity index is 1060. The van der Waals surface area contributed by atoms with Crippen molar-refractivity contribution in [3.8, 4) is 11.5 Å². The van der Waals surface area contributed by atoms with E-state index in [0.717, 1.165) is 11.1 Å². The largest absolute Gasteiger partial charge is 0.493 e. The smallest absolute Gasteiger partial charge is 0.307 e. The molecule has 0 radical (unpaired) electrons. The number of halogens is 2. The molecule has 1 N–H and O–H groups in total. The number of carbonyl (C=O) groups is 3. The fraction of sp³-hybridized carbons (Fsp3) is 0.400. The number of carbonyl (C=O) groups excluding carboxylic acids is 3. The molecule has 0 saturated carbocycles. The van der Waals surface area contributed by atoms with Crippen LogP contribution in [-0.4, -0.2) is 49.6 Å². The van der Waals surface area contributed by atoms with Gasteiger partial charge in [-0.2, -0.15) is 0 Å². The molecular formula is C25H28Cl2N2O6. The van der Waals surface area contributed by atoms with Crippen LogP contribution in [0.3, 0.4) is 0 Å². The molecule has 2 aromatic rings. The van der Waals surface area contributed by atoms with Gasteiger partial charge in [-0.05, 0) is 42.3 Å². The number of nitrogens with one attached hydrogen (secondary N) is 1. The van der Waals surface area contributed by atoms with Gasteiger partial charge in [-0.1, -0.05) is 35.3 Å². The van der Waals surface area contributed by atoms with Crippen LogP contribution in [0.15, 0.2) is 36.4 Å². The Morgan fingerprint density at radius 3 is 2.49 bits per heavy atom. The second kappa shape index (κ2) is 12.8. The van der Waals surface area contributed by atoms with Crippen molar-refractivity contribution in [2.45, 2.75) is 38.8 Å². The summed E-state index contributed by atoms with van der Waals surface area (Å²) in [5.74, 6) is 0.316. The molecule has 0 aliphatic carbocycles. The van der Waals surface area contributed by atoms with Crippen molar-refractivity contribution in [3.05, 3.63) is 57.6 Å². The predicted molar refractivity (Wildman–Crippen MR) is 132 cm³/mol. The molecule has 3 rings (SSSR count). The van der Waals surface area contributed by atoms with Gasteiger partial charge in [0, 0.05) is 35.5 Å². The summed E-state index contributed by atoms with van der Waals surface area (Å²) in [5.41, 5.74) is 1.63. The number of esters is 1. The molecule has 2 amide bonds. The maximum absolute atomic E-state index is 12.2. The van der Waals surface area contributed by atoms with Gasteiger partial charge in [0.15, 0.2) is 11.5 Å². The van der Waals surface area contributed by atoms with Gasteiger partial charge >= 0.3 is 5.97 Å². The monoisotopic (exact) mass is 522 g/mol. The van der Waals surface area contributed by atoms with E-state index in [0.29, 0.717) is 34.7 Å². The topological polar surface area (TPSA) is 94.2 Å². The van der Waals surface area contributed by atoms with Crippen molar-refractivity contribution >= 4 is 41.0 Å². The summed E-state index contributed by atoms with van der Waals surface area (Å²) in [6.07, 6.45) is 0.603. The van der Waals surface area contributed by atoms with Crippen molar-refractivity contribution in [1.82, 2.24) is 10.2 Å². The summed E-state index contributed by atoms with van der Waals surface area (Å²) in [5, 5.41) is 4.32. The quantitative estimate of drug-likeness (QED) is 0.327. The first-order valence-electron chi connectivity index (χ1n) is 11.3. The van der Waals surface area contributed by atoms with E-state index in [2.05, 4.69) is 5.32 Å². The molecule has 0 spiro atoms. The fourth-order valence-electron chi connectivity index (χ4n) is 3.76. The average molecular weight is 523 g/mol. The molecular weight excluding hydrogens is 495 g/mol. The molecule has 0 aromatic heterocycles. The maximum Gasteiger partial charge on any atom is 0.307 e. The number of ether oxygens (including phenoxy) is 3. The van der Waals surface area contributed by atoms with Crippen LogP contribution in [0, 0.1) is 0 Å². The Balaban J connectivity index is 1.66. The van der Waals surface area contributed by atoms with Crippen LogP contribution in [0.5, 0.6) is 11.5 Å². The summed E-state index contributed by atoms with van der Waals surface area (Å²) in [7, 11) is 1.53. The number of amides is 2. The van der Waals surface area contributed by atoms with E-state index in [-0.39, 0.29) is 50.2 Å². The minimum Gasteiger partial charge on any atom is -0.493 e. The summed E-state index contributed by atoms with van der Waals surface area (Å²) in [6, 6.07) is 10.2. The second-order valence-corrected chi connectivity index (χ2v) is 8.72. The molecule has 1 unspecified atom stereocenters. The predicted octanol–water partition coefficient (Wildman–Crippen LogP) is 4.31. The van der Waals surface area contributed by atoms with Gasteiger partial charge in [0.05, 0.1) is 26.7 Å². The minimum atomic E-state index is -0.392. The van der Waals surface area contributed by atoms with Gasteiger partial charge in [-0.25, -0.2) is 0 Å². The lowest BCUT2D eigenvalue weighted by molar-refractivity contribution is -0.144. The third-order valence-electron chi connectivity index (χ3n) is 5.52. The Morgan fingerprint density at radius 2 is 1.83 bits per heavy atom. The van der Waals surface area contributed by atoms with Crippen molar-refractivity contribution in [2.75, 3.05) is 26.9 Å². The molecule has 1 fully saturated rings. The zero-order valence-corrected chi connectivity index (χ0v) is 21.2. The lowest BCUT2D eigenvalue weighted by atomic mass is 10.0. The number of hydrogen-bond donors (Lipinski definition) is 1. The van der Waals surface area contributed by atoms with Crippen LogP contribution >= 0.6 is 23.2 Å². The van der Waals surface area contributed by atoms with Crippen LogP contribution in [0.4, 0.5) is 0 Å². The van der Waals surface area contributed by atoms with E-state index in [1.165, 1.54) is 12.0 Å².